The van der Waals surface area contributed by atoms with Gasteiger partial charge in [-0.3, -0.25) is 4.79 Å². The van der Waals surface area contributed by atoms with Crippen LogP contribution >= 0.6 is 24.0 Å². The first kappa shape index (κ1) is 15.8. The Morgan fingerprint density at radius 2 is 2.00 bits per heavy atom. The van der Waals surface area contributed by atoms with E-state index in [1.165, 1.54) is 11.8 Å². The summed E-state index contributed by atoms with van der Waals surface area (Å²) in [7, 11) is 3.72. The highest BCUT2D eigenvalue weighted by molar-refractivity contribution is 8.23. The lowest BCUT2D eigenvalue weighted by molar-refractivity contribution is -0.113. The SMILES string of the molecule is CCOc1ccc(NC(=O)CSC(=S)N(C)C)cc1. The standard InChI is InChI=1S/C13H18N2O2S2/c1-4-17-11-7-5-10(6-8-11)14-12(16)9-19-13(18)15(2)3/h5-8H,4,9H2,1-3H3,(H,14,16). The maximum absolute atomic E-state index is 11.7. The minimum absolute atomic E-state index is 0.0710. The number of rotatable bonds is 5. The molecule has 0 heterocycles. The van der Waals surface area contributed by atoms with Gasteiger partial charge in [-0.1, -0.05) is 24.0 Å². The number of thiocarbonyl (C=S) groups is 1. The van der Waals surface area contributed by atoms with Gasteiger partial charge in [-0.25, -0.2) is 0 Å². The second kappa shape index (κ2) is 8.01. The number of benzene rings is 1. The maximum Gasteiger partial charge on any atom is 0.234 e. The Hall–Kier alpha value is -1.27. The van der Waals surface area contributed by atoms with Crippen molar-refractivity contribution in [3.05, 3.63) is 24.3 Å². The average Bonchev–Trinajstić information content (AvgIpc) is 2.38. The molecule has 4 nitrogen and oxygen atoms in total. The molecule has 0 aliphatic carbocycles. The van der Waals surface area contributed by atoms with E-state index in [4.69, 9.17) is 17.0 Å². The monoisotopic (exact) mass is 298 g/mol. The van der Waals surface area contributed by atoms with Crippen molar-refractivity contribution in [2.45, 2.75) is 6.92 Å². The number of nitrogens with zero attached hydrogens (tertiary/aromatic N) is 1. The van der Waals surface area contributed by atoms with Crippen LogP contribution in [-0.2, 0) is 4.79 Å². The Morgan fingerprint density at radius 1 is 1.37 bits per heavy atom. The quantitative estimate of drug-likeness (QED) is 0.846. The van der Waals surface area contributed by atoms with Crippen LogP contribution in [0.15, 0.2) is 24.3 Å². The molecular formula is C13H18N2O2S2. The summed E-state index contributed by atoms with van der Waals surface area (Å²) in [6, 6.07) is 7.29. The third-order valence-electron chi connectivity index (χ3n) is 2.14. The predicted octanol–water partition coefficient (Wildman–Crippen LogP) is 2.60. The van der Waals surface area contributed by atoms with Crippen LogP contribution in [0.25, 0.3) is 0 Å². The first-order valence-corrected chi connectivity index (χ1v) is 7.29. The van der Waals surface area contributed by atoms with E-state index in [1.54, 1.807) is 0 Å². The number of amides is 1. The summed E-state index contributed by atoms with van der Waals surface area (Å²) in [5.41, 5.74) is 0.754. The van der Waals surface area contributed by atoms with Crippen LogP contribution in [0.5, 0.6) is 5.75 Å². The first-order valence-electron chi connectivity index (χ1n) is 5.89. The fourth-order valence-corrected chi connectivity index (χ4v) is 2.02. The molecule has 19 heavy (non-hydrogen) atoms. The summed E-state index contributed by atoms with van der Waals surface area (Å²) in [6.45, 7) is 2.56. The van der Waals surface area contributed by atoms with E-state index in [2.05, 4.69) is 5.32 Å². The van der Waals surface area contributed by atoms with Gasteiger partial charge in [0.1, 0.15) is 10.1 Å². The van der Waals surface area contributed by atoms with E-state index in [0.29, 0.717) is 16.7 Å². The molecule has 0 saturated heterocycles. The number of carbonyl (C=O) groups is 1. The van der Waals surface area contributed by atoms with Gasteiger partial charge in [0.05, 0.1) is 12.4 Å². The van der Waals surface area contributed by atoms with Crippen LogP contribution in [0, 0.1) is 0 Å². The fraction of sp³-hybridized carbons (Fsp3) is 0.385. The van der Waals surface area contributed by atoms with E-state index < -0.39 is 0 Å². The summed E-state index contributed by atoms with van der Waals surface area (Å²) in [5, 5.41) is 2.81. The van der Waals surface area contributed by atoms with E-state index in [-0.39, 0.29) is 5.91 Å². The molecule has 0 unspecified atom stereocenters. The molecule has 1 rings (SSSR count). The van der Waals surface area contributed by atoms with Gasteiger partial charge in [0.25, 0.3) is 0 Å². The van der Waals surface area contributed by atoms with Crippen LogP contribution in [0.1, 0.15) is 6.92 Å². The maximum atomic E-state index is 11.7. The van der Waals surface area contributed by atoms with Crippen LogP contribution in [0.3, 0.4) is 0 Å². The second-order valence-electron chi connectivity index (χ2n) is 3.95. The summed E-state index contributed by atoms with van der Waals surface area (Å²) in [6.07, 6.45) is 0. The van der Waals surface area contributed by atoms with Gasteiger partial charge in [-0.2, -0.15) is 0 Å². The van der Waals surface area contributed by atoms with Gasteiger partial charge in [-0.15, -0.1) is 0 Å². The highest BCUT2D eigenvalue weighted by Gasteiger charge is 2.06. The third-order valence-corrected chi connectivity index (χ3v) is 3.88. The number of thioether (sulfide) groups is 1. The molecule has 1 amide bonds. The Balaban J connectivity index is 2.42. The largest absolute Gasteiger partial charge is 0.494 e. The zero-order valence-electron chi connectivity index (χ0n) is 11.3. The second-order valence-corrected chi connectivity index (χ2v) is 5.56. The van der Waals surface area contributed by atoms with Gasteiger partial charge in [0, 0.05) is 19.8 Å². The lowest BCUT2D eigenvalue weighted by Crippen LogP contribution is -2.20. The van der Waals surface area contributed by atoms with Crippen LogP contribution in [0.4, 0.5) is 5.69 Å². The molecule has 1 N–H and O–H groups in total. The van der Waals surface area contributed by atoms with Crippen molar-refractivity contribution >= 4 is 39.9 Å². The summed E-state index contributed by atoms with van der Waals surface area (Å²) in [5.74, 6) is 1.03. The number of ether oxygens (including phenoxy) is 1. The molecule has 0 aromatic heterocycles. The van der Waals surface area contributed by atoms with E-state index in [1.807, 2.05) is 50.2 Å². The molecule has 0 saturated carbocycles. The molecule has 1 aromatic carbocycles. The minimum atomic E-state index is -0.0710. The number of anilines is 1. The molecular weight excluding hydrogens is 280 g/mol. The molecule has 0 aliphatic rings. The molecule has 104 valence electrons. The van der Waals surface area contributed by atoms with Crippen molar-refractivity contribution in [1.82, 2.24) is 4.90 Å². The zero-order chi connectivity index (χ0) is 14.3. The van der Waals surface area contributed by atoms with Gasteiger partial charge >= 0.3 is 0 Å². The normalized spacial score (nSPS) is 9.84. The summed E-state index contributed by atoms with van der Waals surface area (Å²) in [4.78, 5) is 13.5. The molecule has 0 aliphatic heterocycles. The first-order chi connectivity index (χ1) is 9.02. The van der Waals surface area contributed by atoms with Gasteiger partial charge in [-0.05, 0) is 31.2 Å². The highest BCUT2D eigenvalue weighted by Crippen LogP contribution is 2.16. The Labute approximate surface area is 123 Å². The zero-order valence-corrected chi connectivity index (χ0v) is 12.9. The van der Waals surface area contributed by atoms with E-state index >= 15 is 0 Å². The Bertz CT molecular complexity index is 433. The molecule has 0 fully saturated rings. The van der Waals surface area contributed by atoms with E-state index in [9.17, 15) is 4.79 Å². The van der Waals surface area contributed by atoms with Crippen LogP contribution in [-0.4, -0.2) is 41.6 Å². The number of hydrogen-bond donors (Lipinski definition) is 1. The summed E-state index contributed by atoms with van der Waals surface area (Å²) < 4.78 is 6.03. The van der Waals surface area contributed by atoms with Crippen LogP contribution < -0.4 is 10.1 Å². The highest BCUT2D eigenvalue weighted by atomic mass is 32.2. The minimum Gasteiger partial charge on any atom is -0.494 e. The molecule has 1 aromatic rings. The Morgan fingerprint density at radius 3 is 2.53 bits per heavy atom. The van der Waals surface area contributed by atoms with Crippen molar-refractivity contribution in [3.63, 3.8) is 0 Å². The fourth-order valence-electron chi connectivity index (χ4n) is 1.25. The van der Waals surface area contributed by atoms with Crippen LogP contribution in [0.2, 0.25) is 0 Å². The molecule has 0 spiro atoms. The average molecular weight is 298 g/mol. The van der Waals surface area contributed by atoms with Crippen molar-refractivity contribution in [2.75, 3.05) is 31.8 Å². The topological polar surface area (TPSA) is 41.6 Å². The van der Waals surface area contributed by atoms with Gasteiger partial charge in [0.15, 0.2) is 0 Å². The van der Waals surface area contributed by atoms with E-state index in [0.717, 1.165) is 11.4 Å². The smallest absolute Gasteiger partial charge is 0.234 e. The molecule has 6 heteroatoms. The number of hydrogen-bond acceptors (Lipinski definition) is 4. The van der Waals surface area contributed by atoms with Crippen molar-refractivity contribution < 1.29 is 9.53 Å². The lowest BCUT2D eigenvalue weighted by Gasteiger charge is -2.12. The van der Waals surface area contributed by atoms with Crippen molar-refractivity contribution in [3.8, 4) is 5.75 Å². The molecule has 0 radical (unpaired) electrons. The third kappa shape index (κ3) is 5.94. The van der Waals surface area contributed by atoms with Gasteiger partial charge in [0.2, 0.25) is 5.91 Å². The van der Waals surface area contributed by atoms with Crippen molar-refractivity contribution in [2.24, 2.45) is 0 Å². The lowest BCUT2D eigenvalue weighted by atomic mass is 10.3. The predicted molar refractivity (Wildman–Crippen MR) is 85.0 cm³/mol. The molecule has 0 atom stereocenters. The summed E-state index contributed by atoms with van der Waals surface area (Å²) >= 11 is 6.44. The van der Waals surface area contributed by atoms with Gasteiger partial charge < -0.3 is 15.0 Å². The Kier molecular flexibility index (Phi) is 6.66. The molecule has 0 bridgehead atoms. The number of carbonyl (C=O) groups excluding carboxylic acids is 1. The number of nitrogens with one attached hydrogen (secondary N) is 1. The van der Waals surface area contributed by atoms with Crippen molar-refractivity contribution in [1.29, 1.82) is 0 Å².